The van der Waals surface area contributed by atoms with Crippen LogP contribution in [0.4, 0.5) is 0 Å². The van der Waals surface area contributed by atoms with Gasteiger partial charge in [-0.2, -0.15) is 5.10 Å². The fraction of sp³-hybridized carbons (Fsp3) is 0. The third-order valence-corrected chi connectivity index (χ3v) is 3.33. The van der Waals surface area contributed by atoms with Gasteiger partial charge in [0.15, 0.2) is 5.75 Å². The lowest BCUT2D eigenvalue weighted by atomic mass is 10.1. The van der Waals surface area contributed by atoms with Gasteiger partial charge in [0.1, 0.15) is 5.52 Å². The number of nitrogens with zero attached hydrogens (tertiary/aromatic N) is 3. The minimum Gasteiger partial charge on any atom is -0.420 e. The summed E-state index contributed by atoms with van der Waals surface area (Å²) in [6.07, 6.45) is 3.03. The van der Waals surface area contributed by atoms with Gasteiger partial charge in [0.05, 0.1) is 11.8 Å². The molecule has 0 aliphatic carbocycles. The first-order chi connectivity index (χ1) is 12.1. The molecule has 0 fully saturated rings. The zero-order valence-electron chi connectivity index (χ0n) is 13.2. The van der Waals surface area contributed by atoms with Gasteiger partial charge in [-0.05, 0) is 24.3 Å². The van der Waals surface area contributed by atoms with Crippen molar-refractivity contribution in [3.63, 3.8) is 0 Å². The van der Waals surface area contributed by atoms with Crippen LogP contribution >= 0.6 is 0 Å². The highest BCUT2D eigenvalue weighted by Crippen LogP contribution is 2.28. The molecule has 0 atom stereocenters. The van der Waals surface area contributed by atoms with E-state index in [9.17, 15) is 4.79 Å². The van der Waals surface area contributed by atoms with E-state index in [4.69, 9.17) is 16.2 Å². The van der Waals surface area contributed by atoms with E-state index >= 15 is 0 Å². The number of ether oxygens (including phenoxy) is 1. The Morgan fingerprint density at radius 3 is 2.60 bits per heavy atom. The van der Waals surface area contributed by atoms with E-state index in [1.165, 1.54) is 6.21 Å². The molecule has 0 saturated carbocycles. The van der Waals surface area contributed by atoms with Crippen molar-refractivity contribution < 1.29 is 9.53 Å². The van der Waals surface area contributed by atoms with Crippen molar-refractivity contribution in [3.05, 3.63) is 71.9 Å². The summed E-state index contributed by atoms with van der Waals surface area (Å²) in [5.41, 5.74) is 12.0. The van der Waals surface area contributed by atoms with Crippen LogP contribution < -0.4 is 16.2 Å². The predicted octanol–water partition coefficient (Wildman–Crippen LogP) is 2.06. The van der Waals surface area contributed by atoms with Crippen molar-refractivity contribution in [2.45, 2.75) is 0 Å². The lowest BCUT2D eigenvalue weighted by molar-refractivity contribution is 0.0736. The minimum atomic E-state index is -0.491. The maximum absolute atomic E-state index is 12.4. The van der Waals surface area contributed by atoms with E-state index in [0.29, 0.717) is 22.4 Å². The van der Waals surface area contributed by atoms with Crippen molar-refractivity contribution in [2.75, 3.05) is 0 Å². The Morgan fingerprint density at radius 1 is 1.04 bits per heavy atom. The van der Waals surface area contributed by atoms with Gasteiger partial charge in [0.2, 0.25) is 5.96 Å². The second-order valence-corrected chi connectivity index (χ2v) is 5.08. The number of guanidine groups is 1. The lowest BCUT2D eigenvalue weighted by Crippen LogP contribution is -2.21. The van der Waals surface area contributed by atoms with E-state index in [2.05, 4.69) is 15.2 Å². The van der Waals surface area contributed by atoms with E-state index in [1.807, 2.05) is 18.2 Å². The van der Waals surface area contributed by atoms with Crippen molar-refractivity contribution in [1.29, 1.82) is 0 Å². The van der Waals surface area contributed by atoms with Crippen molar-refractivity contribution in [1.82, 2.24) is 4.98 Å². The second kappa shape index (κ2) is 7.22. The fourth-order valence-electron chi connectivity index (χ4n) is 2.23. The molecular formula is C18H15N5O2. The van der Waals surface area contributed by atoms with Gasteiger partial charge in [0, 0.05) is 17.1 Å². The topological polar surface area (TPSA) is 116 Å². The van der Waals surface area contributed by atoms with E-state index in [1.54, 1.807) is 42.6 Å². The Morgan fingerprint density at radius 2 is 1.84 bits per heavy atom. The first-order valence-electron chi connectivity index (χ1n) is 7.42. The highest BCUT2D eigenvalue weighted by Gasteiger charge is 2.15. The van der Waals surface area contributed by atoms with Crippen LogP contribution in [-0.2, 0) is 0 Å². The van der Waals surface area contributed by atoms with Crippen molar-refractivity contribution in [3.8, 4) is 5.75 Å². The Balaban J connectivity index is 2.05. The molecule has 7 heteroatoms. The average molecular weight is 333 g/mol. The lowest BCUT2D eigenvalue weighted by Gasteiger charge is -2.10. The number of esters is 1. The molecule has 0 aliphatic rings. The van der Waals surface area contributed by atoms with Gasteiger partial charge in [-0.25, -0.2) is 4.79 Å². The standard InChI is InChI=1S/C18H15N5O2/c19-18(20)23-22-11-14-9-8-12-7-4-10-21-15(12)16(14)25-17(24)13-5-2-1-3-6-13/h1-11H,(H4,19,20,23). The number of pyridine rings is 1. The van der Waals surface area contributed by atoms with Gasteiger partial charge in [-0.15, -0.1) is 5.10 Å². The summed E-state index contributed by atoms with van der Waals surface area (Å²) in [5.74, 6) is -0.366. The van der Waals surface area contributed by atoms with Crippen LogP contribution in [0.25, 0.3) is 10.9 Å². The third kappa shape index (κ3) is 3.78. The van der Waals surface area contributed by atoms with E-state index in [0.717, 1.165) is 5.39 Å². The highest BCUT2D eigenvalue weighted by molar-refractivity contribution is 5.99. The first-order valence-corrected chi connectivity index (χ1v) is 7.42. The molecule has 3 aromatic rings. The smallest absolute Gasteiger partial charge is 0.343 e. The van der Waals surface area contributed by atoms with Crippen LogP contribution in [-0.4, -0.2) is 23.1 Å². The molecular weight excluding hydrogens is 318 g/mol. The average Bonchev–Trinajstić information content (AvgIpc) is 2.63. The Labute approximate surface area is 143 Å². The maximum Gasteiger partial charge on any atom is 0.343 e. The van der Waals surface area contributed by atoms with Gasteiger partial charge in [0.25, 0.3) is 0 Å². The molecule has 0 spiro atoms. The number of aromatic nitrogens is 1. The quantitative estimate of drug-likeness (QED) is 0.249. The molecule has 0 bridgehead atoms. The van der Waals surface area contributed by atoms with Crippen LogP contribution in [0.1, 0.15) is 15.9 Å². The van der Waals surface area contributed by atoms with Gasteiger partial charge in [-0.3, -0.25) is 4.98 Å². The number of benzene rings is 2. The van der Waals surface area contributed by atoms with Gasteiger partial charge in [-0.1, -0.05) is 30.3 Å². The number of carbonyl (C=O) groups excluding carboxylic acids is 1. The normalized spacial score (nSPS) is 10.7. The summed E-state index contributed by atoms with van der Waals surface area (Å²) in [5, 5.41) is 8.17. The Hall–Kier alpha value is -3.74. The van der Waals surface area contributed by atoms with Gasteiger partial charge < -0.3 is 16.2 Å². The van der Waals surface area contributed by atoms with Crippen LogP contribution in [0.5, 0.6) is 5.75 Å². The zero-order chi connectivity index (χ0) is 17.6. The second-order valence-electron chi connectivity index (χ2n) is 5.08. The summed E-state index contributed by atoms with van der Waals surface area (Å²) < 4.78 is 5.60. The summed E-state index contributed by atoms with van der Waals surface area (Å²) in [6, 6.07) is 16.0. The zero-order valence-corrected chi connectivity index (χ0v) is 13.2. The molecule has 0 radical (unpaired) electrons. The van der Waals surface area contributed by atoms with Crippen LogP contribution in [0.3, 0.4) is 0 Å². The molecule has 0 amide bonds. The fourth-order valence-corrected chi connectivity index (χ4v) is 2.23. The molecule has 25 heavy (non-hydrogen) atoms. The minimum absolute atomic E-state index is 0.169. The highest BCUT2D eigenvalue weighted by atomic mass is 16.5. The van der Waals surface area contributed by atoms with Crippen molar-refractivity contribution >= 4 is 29.0 Å². The van der Waals surface area contributed by atoms with Crippen LogP contribution in [0.2, 0.25) is 0 Å². The first kappa shape index (κ1) is 16.1. The summed E-state index contributed by atoms with van der Waals surface area (Å²) in [4.78, 5) is 16.7. The Kier molecular flexibility index (Phi) is 4.66. The molecule has 1 heterocycles. The molecule has 4 N–H and O–H groups in total. The van der Waals surface area contributed by atoms with Crippen LogP contribution in [0, 0.1) is 0 Å². The molecule has 2 aromatic carbocycles. The van der Waals surface area contributed by atoms with Gasteiger partial charge >= 0.3 is 5.97 Å². The molecule has 0 aliphatic heterocycles. The summed E-state index contributed by atoms with van der Waals surface area (Å²) >= 11 is 0. The molecule has 7 nitrogen and oxygen atoms in total. The summed E-state index contributed by atoms with van der Waals surface area (Å²) in [7, 11) is 0. The number of nitrogens with two attached hydrogens (primary N) is 2. The SMILES string of the molecule is NC(N)=NN=Cc1ccc2cccnc2c1OC(=O)c1ccccc1. The number of hydrogen-bond donors (Lipinski definition) is 2. The monoisotopic (exact) mass is 333 g/mol. The van der Waals surface area contributed by atoms with Crippen LogP contribution in [0.15, 0.2) is 71.0 Å². The molecule has 0 unspecified atom stereocenters. The summed E-state index contributed by atoms with van der Waals surface area (Å²) in [6.45, 7) is 0. The van der Waals surface area contributed by atoms with E-state index < -0.39 is 5.97 Å². The predicted molar refractivity (Wildman–Crippen MR) is 96.5 cm³/mol. The number of hydrogen-bond acceptors (Lipinski definition) is 5. The molecule has 0 saturated heterocycles. The molecule has 1 aromatic heterocycles. The number of rotatable bonds is 4. The maximum atomic E-state index is 12.4. The number of fused-ring (bicyclic) bond motifs is 1. The van der Waals surface area contributed by atoms with E-state index in [-0.39, 0.29) is 5.96 Å². The number of carbonyl (C=O) groups is 1. The van der Waals surface area contributed by atoms with Crippen molar-refractivity contribution in [2.24, 2.45) is 21.7 Å². The molecule has 124 valence electrons. The third-order valence-electron chi connectivity index (χ3n) is 3.33. The Bertz CT molecular complexity index is 964. The molecule has 3 rings (SSSR count). The largest absolute Gasteiger partial charge is 0.420 e.